The van der Waals surface area contributed by atoms with Crippen molar-refractivity contribution in [3.8, 4) is 5.75 Å². The summed E-state index contributed by atoms with van der Waals surface area (Å²) in [6.07, 6.45) is 1.88. The Balaban J connectivity index is 1.67. The molecule has 0 aliphatic heterocycles. The minimum absolute atomic E-state index is 0.00396. The van der Waals surface area contributed by atoms with Crippen molar-refractivity contribution in [2.75, 3.05) is 12.4 Å². The van der Waals surface area contributed by atoms with Gasteiger partial charge in [-0.2, -0.15) is 0 Å². The van der Waals surface area contributed by atoms with Crippen LogP contribution in [0.15, 0.2) is 24.3 Å². The van der Waals surface area contributed by atoms with Gasteiger partial charge in [-0.15, -0.1) is 11.3 Å². The minimum Gasteiger partial charge on any atom is -0.496 e. The summed E-state index contributed by atoms with van der Waals surface area (Å²) in [5.74, 6) is -0.332. The number of amides is 1. The molecule has 0 bridgehead atoms. The number of aryl methyl sites for hydroxylation is 1. The van der Waals surface area contributed by atoms with Crippen LogP contribution in [-0.4, -0.2) is 30.0 Å². The largest absolute Gasteiger partial charge is 0.496 e. The summed E-state index contributed by atoms with van der Waals surface area (Å²) in [5, 5.41) is 13.7. The van der Waals surface area contributed by atoms with Gasteiger partial charge in [-0.25, -0.2) is 4.79 Å². The Labute approximate surface area is 172 Å². The number of hydrogen-bond donors (Lipinski definition) is 1. The maximum atomic E-state index is 12.5. The third-order valence-electron chi connectivity index (χ3n) is 4.84. The highest BCUT2D eigenvalue weighted by atomic mass is 32.1. The van der Waals surface area contributed by atoms with Crippen LogP contribution in [0.1, 0.15) is 40.4 Å². The van der Waals surface area contributed by atoms with Gasteiger partial charge in [0.05, 0.1) is 18.1 Å². The van der Waals surface area contributed by atoms with Gasteiger partial charge in [0, 0.05) is 4.88 Å². The van der Waals surface area contributed by atoms with E-state index in [2.05, 4.69) is 12.2 Å². The first kappa shape index (κ1) is 20.8. The molecule has 1 aliphatic rings. The second kappa shape index (κ2) is 8.60. The van der Waals surface area contributed by atoms with Gasteiger partial charge in [0.15, 0.2) is 6.10 Å². The van der Waals surface area contributed by atoms with Gasteiger partial charge >= 0.3 is 5.97 Å². The summed E-state index contributed by atoms with van der Waals surface area (Å²) in [4.78, 5) is 37.1. The molecule has 1 aromatic carbocycles. The fourth-order valence-electron chi connectivity index (χ4n) is 3.21. The van der Waals surface area contributed by atoms with E-state index in [9.17, 15) is 19.7 Å². The van der Waals surface area contributed by atoms with Crippen LogP contribution in [0.4, 0.5) is 11.4 Å². The van der Waals surface area contributed by atoms with Crippen molar-refractivity contribution in [3.63, 3.8) is 0 Å². The second-order valence-corrected chi connectivity index (χ2v) is 8.22. The molecule has 29 heavy (non-hydrogen) atoms. The van der Waals surface area contributed by atoms with Gasteiger partial charge in [0.2, 0.25) is 0 Å². The number of nitro groups is 1. The Morgan fingerprint density at radius 3 is 2.79 bits per heavy atom. The fraction of sp³-hybridized carbons (Fsp3) is 0.400. The fourth-order valence-corrected chi connectivity index (χ4v) is 4.30. The topological polar surface area (TPSA) is 108 Å². The average Bonchev–Trinajstić information content (AvgIpc) is 3.11. The quantitative estimate of drug-likeness (QED) is 0.432. The van der Waals surface area contributed by atoms with Crippen molar-refractivity contribution in [1.82, 2.24) is 0 Å². The van der Waals surface area contributed by atoms with E-state index >= 15 is 0 Å². The van der Waals surface area contributed by atoms with Crippen LogP contribution >= 0.6 is 11.3 Å². The lowest BCUT2D eigenvalue weighted by Crippen LogP contribution is -2.30. The first-order valence-corrected chi connectivity index (χ1v) is 10.1. The van der Waals surface area contributed by atoms with Crippen molar-refractivity contribution < 1.29 is 24.0 Å². The number of carbonyl (C=O) groups excluding carboxylic acids is 2. The van der Waals surface area contributed by atoms with E-state index in [0.29, 0.717) is 16.5 Å². The number of methoxy groups -OCH3 is 1. The number of esters is 1. The van der Waals surface area contributed by atoms with Crippen molar-refractivity contribution in [2.24, 2.45) is 5.92 Å². The van der Waals surface area contributed by atoms with Gasteiger partial charge in [-0.3, -0.25) is 14.9 Å². The van der Waals surface area contributed by atoms with Gasteiger partial charge in [-0.1, -0.05) is 6.92 Å². The van der Waals surface area contributed by atoms with Crippen LogP contribution < -0.4 is 10.1 Å². The van der Waals surface area contributed by atoms with Crippen LogP contribution in [0.5, 0.6) is 5.75 Å². The molecule has 0 saturated carbocycles. The second-order valence-electron chi connectivity index (χ2n) is 7.08. The zero-order valence-corrected chi connectivity index (χ0v) is 17.2. The van der Waals surface area contributed by atoms with E-state index < -0.39 is 22.9 Å². The minimum atomic E-state index is -1.11. The molecule has 0 spiro atoms. The standard InChI is InChI=1S/C20H22N2O6S/c1-11-4-7-17-13(8-11)9-18(29-17)20(24)28-12(2)19(23)21-15-6-5-14(27-3)10-16(15)22(25)26/h5-6,9-12H,4,7-8H2,1-3H3,(H,21,23)/t11-,12+/m0/s1. The van der Waals surface area contributed by atoms with E-state index in [1.54, 1.807) is 0 Å². The molecule has 2 atom stereocenters. The average molecular weight is 418 g/mol. The number of fused-ring (bicyclic) bond motifs is 1. The smallest absolute Gasteiger partial charge is 0.349 e. The molecule has 3 rings (SSSR count). The SMILES string of the molecule is COc1ccc(NC(=O)[C@@H](C)OC(=O)c2cc3c(s2)CC[C@H](C)C3)c([N+](=O)[O-])c1. The molecule has 1 amide bonds. The zero-order chi connectivity index (χ0) is 21.1. The predicted octanol–water partition coefficient (Wildman–Crippen LogP) is 3.97. The van der Waals surface area contributed by atoms with Crippen LogP contribution in [0.2, 0.25) is 0 Å². The lowest BCUT2D eigenvalue weighted by atomic mass is 9.90. The molecule has 0 fully saturated rings. The molecular weight excluding hydrogens is 396 g/mol. The third kappa shape index (κ3) is 4.73. The number of nitrogens with one attached hydrogen (secondary N) is 1. The normalized spacial score (nSPS) is 16.4. The Morgan fingerprint density at radius 2 is 2.10 bits per heavy atom. The lowest BCUT2D eigenvalue weighted by molar-refractivity contribution is -0.384. The van der Waals surface area contributed by atoms with Crippen molar-refractivity contribution in [3.05, 3.63) is 49.7 Å². The van der Waals surface area contributed by atoms with Crippen molar-refractivity contribution in [1.29, 1.82) is 0 Å². The lowest BCUT2D eigenvalue weighted by Gasteiger charge is -2.16. The number of benzene rings is 1. The molecule has 0 unspecified atom stereocenters. The first-order valence-electron chi connectivity index (χ1n) is 9.24. The van der Waals surface area contributed by atoms with E-state index in [1.807, 2.05) is 6.07 Å². The van der Waals surface area contributed by atoms with Crippen LogP contribution in [0, 0.1) is 16.0 Å². The number of hydrogen-bond acceptors (Lipinski definition) is 7. The van der Waals surface area contributed by atoms with E-state index in [-0.39, 0.29) is 11.4 Å². The summed E-state index contributed by atoms with van der Waals surface area (Å²) >= 11 is 1.40. The molecule has 1 aliphatic carbocycles. The Hall–Kier alpha value is -2.94. The molecule has 0 radical (unpaired) electrons. The van der Waals surface area contributed by atoms with Crippen molar-refractivity contribution in [2.45, 2.75) is 39.2 Å². The first-order chi connectivity index (χ1) is 13.8. The molecule has 1 N–H and O–H groups in total. The van der Waals surface area contributed by atoms with Gasteiger partial charge in [-0.05, 0) is 55.9 Å². The number of ether oxygens (including phenoxy) is 2. The van der Waals surface area contributed by atoms with Crippen LogP contribution in [-0.2, 0) is 22.4 Å². The molecule has 1 aromatic heterocycles. The maximum Gasteiger partial charge on any atom is 0.349 e. The van der Waals surface area contributed by atoms with E-state index in [1.165, 1.54) is 54.0 Å². The van der Waals surface area contributed by atoms with E-state index in [0.717, 1.165) is 19.3 Å². The summed E-state index contributed by atoms with van der Waals surface area (Å²) in [6.45, 7) is 3.61. The molecule has 0 saturated heterocycles. The summed E-state index contributed by atoms with van der Waals surface area (Å²) in [5.41, 5.74) is 0.868. The predicted molar refractivity (Wildman–Crippen MR) is 109 cm³/mol. The molecule has 9 heteroatoms. The van der Waals surface area contributed by atoms with Crippen molar-refractivity contribution >= 4 is 34.6 Å². The Kier molecular flexibility index (Phi) is 6.17. The zero-order valence-electron chi connectivity index (χ0n) is 16.4. The van der Waals surface area contributed by atoms with Gasteiger partial charge in [0.1, 0.15) is 16.3 Å². The number of nitrogens with zero attached hydrogens (tertiary/aromatic N) is 1. The molecule has 8 nitrogen and oxygen atoms in total. The third-order valence-corrected chi connectivity index (χ3v) is 6.06. The molecule has 1 heterocycles. The highest BCUT2D eigenvalue weighted by Gasteiger charge is 2.26. The monoisotopic (exact) mass is 418 g/mol. The van der Waals surface area contributed by atoms with Gasteiger partial charge < -0.3 is 14.8 Å². The Bertz CT molecular complexity index is 954. The number of anilines is 1. The summed E-state index contributed by atoms with van der Waals surface area (Å²) < 4.78 is 10.3. The number of thiophene rings is 1. The van der Waals surface area contributed by atoms with E-state index in [4.69, 9.17) is 9.47 Å². The summed E-state index contributed by atoms with van der Waals surface area (Å²) in [7, 11) is 1.39. The maximum absolute atomic E-state index is 12.5. The van der Waals surface area contributed by atoms with Crippen LogP contribution in [0.3, 0.4) is 0 Å². The molecular formula is C20H22N2O6S. The van der Waals surface area contributed by atoms with Crippen LogP contribution in [0.25, 0.3) is 0 Å². The summed E-state index contributed by atoms with van der Waals surface area (Å²) in [6, 6.07) is 5.93. The molecule has 2 aromatic rings. The number of carbonyl (C=O) groups is 2. The number of rotatable bonds is 6. The molecule has 154 valence electrons. The number of nitro benzene ring substituents is 1. The highest BCUT2D eigenvalue weighted by Crippen LogP contribution is 2.33. The highest BCUT2D eigenvalue weighted by molar-refractivity contribution is 7.14. The van der Waals surface area contributed by atoms with Gasteiger partial charge in [0.25, 0.3) is 11.6 Å². The Morgan fingerprint density at radius 1 is 1.34 bits per heavy atom.